The molecule has 2 unspecified atom stereocenters. The highest BCUT2D eigenvalue weighted by Gasteiger charge is 2.17. The molecule has 2 atom stereocenters. The van der Waals surface area contributed by atoms with E-state index in [9.17, 15) is 0 Å². The summed E-state index contributed by atoms with van der Waals surface area (Å²) in [6.45, 7) is 6.41. The average molecular weight is 215 g/mol. The zero-order valence-electron chi connectivity index (χ0n) is 8.41. The Hall–Kier alpha value is 0.01000. The fourth-order valence-corrected chi connectivity index (χ4v) is 3.51. The third-order valence-corrected chi connectivity index (χ3v) is 4.47. The standard InChI is InChI=1S/C10H17NS2/c1-4-12-10(8(3)11)9-6-5-7(2)13-9/h5-6,8,10H,4,11H2,1-3H3. The van der Waals surface area contributed by atoms with Crippen molar-refractivity contribution >= 4 is 23.1 Å². The van der Waals surface area contributed by atoms with Gasteiger partial charge in [-0.2, -0.15) is 11.8 Å². The molecule has 1 aromatic rings. The summed E-state index contributed by atoms with van der Waals surface area (Å²) in [7, 11) is 0. The molecule has 2 N–H and O–H groups in total. The molecular weight excluding hydrogens is 198 g/mol. The summed E-state index contributed by atoms with van der Waals surface area (Å²) in [6.07, 6.45) is 0. The first-order chi connectivity index (χ1) is 6.15. The zero-order chi connectivity index (χ0) is 9.84. The van der Waals surface area contributed by atoms with E-state index in [0.717, 1.165) is 5.75 Å². The predicted molar refractivity (Wildman–Crippen MR) is 63.6 cm³/mol. The zero-order valence-corrected chi connectivity index (χ0v) is 10.0. The molecule has 3 heteroatoms. The molecule has 0 aromatic carbocycles. The predicted octanol–water partition coefficient (Wildman–Crippen LogP) is 3.20. The first kappa shape index (κ1) is 11.1. The lowest BCUT2D eigenvalue weighted by Gasteiger charge is -2.17. The van der Waals surface area contributed by atoms with Crippen LogP contribution in [0.2, 0.25) is 0 Å². The van der Waals surface area contributed by atoms with Crippen molar-refractivity contribution < 1.29 is 0 Å². The van der Waals surface area contributed by atoms with Gasteiger partial charge < -0.3 is 5.73 Å². The number of thioether (sulfide) groups is 1. The third-order valence-electron chi connectivity index (χ3n) is 1.87. The van der Waals surface area contributed by atoms with Gasteiger partial charge in [0.1, 0.15) is 0 Å². The first-order valence-corrected chi connectivity index (χ1v) is 6.45. The summed E-state index contributed by atoms with van der Waals surface area (Å²) in [5.74, 6) is 1.13. The summed E-state index contributed by atoms with van der Waals surface area (Å²) in [6, 6.07) is 4.62. The van der Waals surface area contributed by atoms with Crippen LogP contribution in [0.4, 0.5) is 0 Å². The van der Waals surface area contributed by atoms with E-state index in [1.807, 2.05) is 23.1 Å². The number of aryl methyl sites for hydroxylation is 1. The maximum Gasteiger partial charge on any atom is 0.0539 e. The van der Waals surface area contributed by atoms with E-state index in [-0.39, 0.29) is 6.04 Å². The van der Waals surface area contributed by atoms with Gasteiger partial charge in [-0.3, -0.25) is 0 Å². The number of rotatable bonds is 4. The Bertz CT molecular complexity index is 255. The Labute approximate surface area is 88.7 Å². The second kappa shape index (κ2) is 5.03. The second-order valence-electron chi connectivity index (χ2n) is 3.18. The monoisotopic (exact) mass is 215 g/mol. The van der Waals surface area contributed by atoms with Crippen LogP contribution in [-0.2, 0) is 0 Å². The lowest BCUT2D eigenvalue weighted by Crippen LogP contribution is -2.22. The molecule has 0 radical (unpaired) electrons. The van der Waals surface area contributed by atoms with Gasteiger partial charge in [0.2, 0.25) is 0 Å². The van der Waals surface area contributed by atoms with Crippen LogP contribution in [0.1, 0.15) is 28.9 Å². The molecule has 0 aliphatic heterocycles. The normalized spacial score (nSPS) is 15.7. The van der Waals surface area contributed by atoms with Gasteiger partial charge in [-0.25, -0.2) is 0 Å². The maximum atomic E-state index is 5.95. The second-order valence-corrected chi connectivity index (χ2v) is 5.92. The maximum absolute atomic E-state index is 5.95. The van der Waals surface area contributed by atoms with Crippen LogP contribution in [0.3, 0.4) is 0 Å². The van der Waals surface area contributed by atoms with Gasteiger partial charge in [0.25, 0.3) is 0 Å². The van der Waals surface area contributed by atoms with E-state index in [0.29, 0.717) is 5.25 Å². The molecule has 0 bridgehead atoms. The van der Waals surface area contributed by atoms with Crippen LogP contribution in [0.15, 0.2) is 12.1 Å². The van der Waals surface area contributed by atoms with Crippen molar-refractivity contribution in [2.75, 3.05) is 5.75 Å². The smallest absolute Gasteiger partial charge is 0.0539 e. The molecule has 0 aliphatic carbocycles. The number of hydrogen-bond acceptors (Lipinski definition) is 3. The largest absolute Gasteiger partial charge is 0.327 e. The summed E-state index contributed by atoms with van der Waals surface area (Å²) < 4.78 is 0. The van der Waals surface area contributed by atoms with Crippen LogP contribution in [0.25, 0.3) is 0 Å². The highest BCUT2D eigenvalue weighted by molar-refractivity contribution is 7.99. The summed E-state index contributed by atoms with van der Waals surface area (Å²) in [5, 5.41) is 0.476. The summed E-state index contributed by atoms with van der Waals surface area (Å²) in [5.41, 5.74) is 5.95. The minimum atomic E-state index is 0.239. The van der Waals surface area contributed by atoms with Crippen LogP contribution >= 0.6 is 23.1 Å². The van der Waals surface area contributed by atoms with Crippen molar-refractivity contribution in [3.05, 3.63) is 21.9 Å². The third kappa shape index (κ3) is 3.01. The summed E-state index contributed by atoms with van der Waals surface area (Å²) in [4.78, 5) is 2.79. The van der Waals surface area contributed by atoms with Crippen LogP contribution < -0.4 is 5.73 Å². The molecule has 0 fully saturated rings. The molecule has 1 heterocycles. The van der Waals surface area contributed by atoms with Gasteiger partial charge in [-0.15, -0.1) is 11.3 Å². The lowest BCUT2D eigenvalue weighted by atomic mass is 10.2. The van der Waals surface area contributed by atoms with Gasteiger partial charge in [-0.1, -0.05) is 6.92 Å². The Kier molecular flexibility index (Phi) is 4.29. The fraction of sp³-hybridized carbons (Fsp3) is 0.600. The quantitative estimate of drug-likeness (QED) is 0.834. The Morgan fingerprint density at radius 2 is 2.23 bits per heavy atom. The van der Waals surface area contributed by atoms with Crippen molar-refractivity contribution in [1.29, 1.82) is 0 Å². The molecule has 1 nitrogen and oxygen atoms in total. The summed E-state index contributed by atoms with van der Waals surface area (Å²) >= 11 is 3.80. The minimum absolute atomic E-state index is 0.239. The molecule has 13 heavy (non-hydrogen) atoms. The molecule has 1 rings (SSSR count). The topological polar surface area (TPSA) is 26.0 Å². The first-order valence-electron chi connectivity index (χ1n) is 4.58. The van der Waals surface area contributed by atoms with Crippen LogP contribution in [0.5, 0.6) is 0 Å². The molecule has 0 aliphatic rings. The Morgan fingerprint density at radius 3 is 2.62 bits per heavy atom. The molecule has 0 amide bonds. The van der Waals surface area contributed by atoms with Crippen molar-refractivity contribution in [1.82, 2.24) is 0 Å². The molecule has 0 saturated carbocycles. The van der Waals surface area contributed by atoms with Crippen molar-refractivity contribution in [2.24, 2.45) is 5.73 Å². The van der Waals surface area contributed by atoms with Gasteiger partial charge in [0.15, 0.2) is 0 Å². The lowest BCUT2D eigenvalue weighted by molar-refractivity contribution is 0.730. The molecule has 0 saturated heterocycles. The van der Waals surface area contributed by atoms with Gasteiger partial charge >= 0.3 is 0 Å². The van der Waals surface area contributed by atoms with E-state index in [1.165, 1.54) is 9.75 Å². The van der Waals surface area contributed by atoms with Gasteiger partial charge in [0, 0.05) is 15.8 Å². The Balaban J connectivity index is 2.75. The molecular formula is C10H17NS2. The van der Waals surface area contributed by atoms with E-state index in [1.54, 1.807) is 0 Å². The molecule has 1 aromatic heterocycles. The number of nitrogens with two attached hydrogens (primary N) is 1. The fourth-order valence-electron chi connectivity index (χ4n) is 1.28. The van der Waals surface area contributed by atoms with E-state index >= 15 is 0 Å². The number of thiophene rings is 1. The minimum Gasteiger partial charge on any atom is -0.327 e. The van der Waals surface area contributed by atoms with Gasteiger partial charge in [-0.05, 0) is 31.7 Å². The molecule has 74 valence electrons. The van der Waals surface area contributed by atoms with Crippen LogP contribution in [0, 0.1) is 6.92 Å². The van der Waals surface area contributed by atoms with Crippen LogP contribution in [-0.4, -0.2) is 11.8 Å². The van der Waals surface area contributed by atoms with E-state index < -0.39 is 0 Å². The highest BCUT2D eigenvalue weighted by Crippen LogP contribution is 2.35. The highest BCUT2D eigenvalue weighted by atomic mass is 32.2. The van der Waals surface area contributed by atoms with Crippen molar-refractivity contribution in [3.63, 3.8) is 0 Å². The van der Waals surface area contributed by atoms with Crippen molar-refractivity contribution in [2.45, 2.75) is 32.1 Å². The van der Waals surface area contributed by atoms with E-state index in [2.05, 4.69) is 32.9 Å². The van der Waals surface area contributed by atoms with Crippen molar-refractivity contribution in [3.8, 4) is 0 Å². The number of hydrogen-bond donors (Lipinski definition) is 1. The molecule has 0 spiro atoms. The Morgan fingerprint density at radius 1 is 1.54 bits per heavy atom. The van der Waals surface area contributed by atoms with E-state index in [4.69, 9.17) is 5.73 Å². The van der Waals surface area contributed by atoms with Gasteiger partial charge in [0.05, 0.1) is 5.25 Å². The average Bonchev–Trinajstić information content (AvgIpc) is 2.46. The SMILES string of the molecule is CCSC(c1ccc(C)s1)C(C)N.